The molecule has 5 unspecified atom stereocenters. The first kappa shape index (κ1) is 59.2. The Bertz CT molecular complexity index is 1420. The van der Waals surface area contributed by atoms with Crippen molar-refractivity contribution in [3.05, 3.63) is 23.8 Å². The third kappa shape index (κ3) is 22.1. The molecule has 0 amide bonds. The van der Waals surface area contributed by atoms with Gasteiger partial charge in [-0.1, -0.05) is 115 Å². The summed E-state index contributed by atoms with van der Waals surface area (Å²) in [5, 5.41) is 82.2. The van der Waals surface area contributed by atoms with Crippen molar-refractivity contribution < 1.29 is 73.3 Å². The molecule has 400 valence electrons. The van der Waals surface area contributed by atoms with Crippen LogP contribution in [-0.2, 0) is 68.9 Å². The molecule has 2 aromatic rings. The van der Waals surface area contributed by atoms with Gasteiger partial charge in [0.25, 0.3) is 0 Å². The van der Waals surface area contributed by atoms with E-state index in [1.807, 2.05) is 0 Å². The van der Waals surface area contributed by atoms with E-state index in [0.717, 1.165) is 77.0 Å². The lowest BCUT2D eigenvalue weighted by molar-refractivity contribution is -0.375. The second-order valence-electron chi connectivity index (χ2n) is 18.4. The third-order valence-electron chi connectivity index (χ3n) is 12.2. The minimum Gasteiger partial charge on any atom is -0.388 e. The second kappa shape index (κ2) is 34.9. The van der Waals surface area contributed by atoms with Crippen LogP contribution < -0.4 is 0 Å². The number of aliphatic hydroxyl groups is 6. The number of aromatic nitrogens is 6. The van der Waals surface area contributed by atoms with Crippen LogP contribution in [0.4, 0.5) is 0 Å². The summed E-state index contributed by atoms with van der Waals surface area (Å²) in [6.45, 7) is 12.7. The first-order valence-corrected chi connectivity index (χ1v) is 25.9. The van der Waals surface area contributed by atoms with Gasteiger partial charge in [-0.05, 0) is 25.7 Å². The summed E-state index contributed by atoms with van der Waals surface area (Å²) in [4.78, 5) is 0. The van der Waals surface area contributed by atoms with Gasteiger partial charge < -0.3 is 73.3 Å². The van der Waals surface area contributed by atoms with Crippen LogP contribution in [0.5, 0.6) is 0 Å². The lowest BCUT2D eigenvalue weighted by Crippen LogP contribution is -2.63. The molecule has 0 radical (unpaired) electrons. The Kier molecular flexibility index (Phi) is 30.0. The molecule has 4 rings (SSSR count). The minimum absolute atomic E-state index is 0.113. The van der Waals surface area contributed by atoms with Gasteiger partial charge in [-0.15, -0.1) is 10.2 Å². The Morgan fingerprint density at radius 3 is 1.12 bits per heavy atom. The molecule has 10 atom stereocenters. The van der Waals surface area contributed by atoms with Crippen molar-refractivity contribution in [3.8, 4) is 0 Å². The number of aliphatic hydroxyl groups excluding tert-OH is 6. The maximum Gasteiger partial charge on any atom is 0.189 e. The lowest BCUT2D eigenvalue weighted by Gasteiger charge is -2.45. The van der Waals surface area contributed by atoms with E-state index in [2.05, 4.69) is 48.3 Å². The molecule has 6 N–H and O–H groups in total. The van der Waals surface area contributed by atoms with E-state index < -0.39 is 61.4 Å². The normalized spacial score (nSPS) is 25.4. The van der Waals surface area contributed by atoms with Crippen molar-refractivity contribution in [2.24, 2.45) is 0 Å². The zero-order chi connectivity index (χ0) is 49.6. The molecule has 69 heavy (non-hydrogen) atoms. The predicted octanol–water partition coefficient (Wildman–Crippen LogP) is 3.36. The quantitative estimate of drug-likeness (QED) is 0.0523. The molecule has 21 heteroatoms. The summed E-state index contributed by atoms with van der Waals surface area (Å²) < 4.78 is 56.5. The number of hydrogen-bond acceptors (Lipinski definition) is 19. The van der Waals surface area contributed by atoms with Crippen LogP contribution in [0.1, 0.15) is 142 Å². The molecule has 2 fully saturated rings. The fourth-order valence-electron chi connectivity index (χ4n) is 7.93. The van der Waals surface area contributed by atoms with Crippen molar-refractivity contribution in [1.82, 2.24) is 30.0 Å². The van der Waals surface area contributed by atoms with Crippen molar-refractivity contribution in [3.63, 3.8) is 0 Å². The Hall–Kier alpha value is -2.32. The van der Waals surface area contributed by atoms with Crippen LogP contribution >= 0.6 is 0 Å². The average Bonchev–Trinajstić information content (AvgIpc) is 4.01. The molecule has 2 aliphatic rings. The molecule has 2 aromatic heterocycles. The minimum atomic E-state index is -1.78. The van der Waals surface area contributed by atoms with Crippen molar-refractivity contribution in [2.45, 2.75) is 230 Å². The Morgan fingerprint density at radius 1 is 0.464 bits per heavy atom. The van der Waals surface area contributed by atoms with Gasteiger partial charge in [-0.2, -0.15) is 0 Å². The standard InChI is InChI=1S/C48H88N6O15/c1-5-9-13-17-21-61-31-37(32-62-22-18-14-10-6-2)65-29-35-25-53(51-49-35)27-39-41(55)43(57)45(59)47(67-39)69-48-46(60)44(58)42(56)40(68-48)28-54-26-36(50-52-54)30-66-38(33-63-23-19-15-11-7-3)34-64-24-20-16-12-8-4/h25-26,37-48,55-60H,5-24,27-34H2,1-4H3/t39?,40?,41-,42-,43+,44?,45?,46?,47-,48-/m1/s1. The number of nitrogens with zero attached hydrogens (tertiary/aromatic N) is 6. The highest BCUT2D eigenvalue weighted by Gasteiger charge is 2.50. The predicted molar refractivity (Wildman–Crippen MR) is 251 cm³/mol. The Balaban J connectivity index is 1.29. The fraction of sp³-hybridized carbons (Fsp3) is 0.917. The summed E-state index contributed by atoms with van der Waals surface area (Å²) in [6, 6.07) is 0. The largest absolute Gasteiger partial charge is 0.388 e. The maximum atomic E-state index is 10.9. The molecule has 0 aliphatic carbocycles. The van der Waals surface area contributed by atoms with Crippen LogP contribution in [0.25, 0.3) is 0 Å². The van der Waals surface area contributed by atoms with Crippen molar-refractivity contribution >= 4 is 0 Å². The van der Waals surface area contributed by atoms with Crippen LogP contribution in [0.2, 0.25) is 0 Å². The summed E-state index contributed by atoms with van der Waals surface area (Å²) in [5.74, 6) is 0. The number of rotatable bonds is 40. The molecule has 0 spiro atoms. The van der Waals surface area contributed by atoms with E-state index in [1.165, 1.54) is 35.0 Å². The zero-order valence-electron chi connectivity index (χ0n) is 41.9. The Labute approximate surface area is 409 Å². The molecule has 4 heterocycles. The zero-order valence-corrected chi connectivity index (χ0v) is 41.9. The molecule has 0 bridgehead atoms. The lowest BCUT2D eigenvalue weighted by atomic mass is 9.97. The van der Waals surface area contributed by atoms with Crippen LogP contribution in [-0.4, -0.2) is 187 Å². The van der Waals surface area contributed by atoms with Gasteiger partial charge >= 0.3 is 0 Å². The van der Waals surface area contributed by atoms with E-state index >= 15 is 0 Å². The maximum absolute atomic E-state index is 10.9. The third-order valence-corrected chi connectivity index (χ3v) is 12.2. The summed E-state index contributed by atoms with van der Waals surface area (Å²) in [7, 11) is 0. The van der Waals surface area contributed by atoms with Gasteiger partial charge in [0.2, 0.25) is 0 Å². The van der Waals surface area contributed by atoms with Crippen molar-refractivity contribution in [1.29, 1.82) is 0 Å². The highest BCUT2D eigenvalue weighted by molar-refractivity contribution is 4.96. The molecule has 2 aliphatic heterocycles. The monoisotopic (exact) mass is 989 g/mol. The van der Waals surface area contributed by atoms with Crippen LogP contribution in [0, 0.1) is 0 Å². The van der Waals surface area contributed by atoms with Gasteiger partial charge in [-0.3, -0.25) is 0 Å². The first-order valence-electron chi connectivity index (χ1n) is 25.9. The SMILES string of the molecule is CCCCCCOCC(COCCCCCC)OCc1cn(CC2O[C@H](O[C@H]3OC(Cn4cc(COC(COCCCCCC)COCCCCCC)nn4)[C@@H](O)[C@H](O)C3O)C(O)C(O)[C@@H]2O)nn1. The summed E-state index contributed by atoms with van der Waals surface area (Å²) >= 11 is 0. The van der Waals surface area contributed by atoms with E-state index in [4.69, 9.17) is 42.6 Å². The van der Waals surface area contributed by atoms with E-state index in [-0.39, 0.29) is 38.5 Å². The van der Waals surface area contributed by atoms with Gasteiger partial charge in [0.05, 0.1) is 65.1 Å². The van der Waals surface area contributed by atoms with Crippen LogP contribution in [0.15, 0.2) is 12.4 Å². The molecule has 2 saturated heterocycles. The molecular weight excluding hydrogens is 901 g/mol. The fourth-order valence-corrected chi connectivity index (χ4v) is 7.93. The highest BCUT2D eigenvalue weighted by Crippen LogP contribution is 2.29. The van der Waals surface area contributed by atoms with Crippen molar-refractivity contribution in [2.75, 3.05) is 52.9 Å². The molecule has 0 saturated carbocycles. The number of hydrogen-bond donors (Lipinski definition) is 6. The summed E-state index contributed by atoms with van der Waals surface area (Å²) in [6.07, 6.45) is 4.44. The van der Waals surface area contributed by atoms with E-state index in [0.29, 0.717) is 64.2 Å². The summed E-state index contributed by atoms with van der Waals surface area (Å²) in [5.41, 5.74) is 0.989. The van der Waals surface area contributed by atoms with Gasteiger partial charge in [0.15, 0.2) is 12.6 Å². The first-order chi connectivity index (χ1) is 33.6. The van der Waals surface area contributed by atoms with Gasteiger partial charge in [0, 0.05) is 26.4 Å². The average molecular weight is 989 g/mol. The topological polar surface area (TPSA) is 266 Å². The van der Waals surface area contributed by atoms with Gasteiger partial charge in [-0.25, -0.2) is 9.36 Å². The molecular formula is C48H88N6O15. The Morgan fingerprint density at radius 2 is 0.797 bits per heavy atom. The molecule has 21 nitrogen and oxygen atoms in total. The van der Waals surface area contributed by atoms with Gasteiger partial charge in [0.1, 0.15) is 72.4 Å². The van der Waals surface area contributed by atoms with Crippen LogP contribution in [0.3, 0.4) is 0 Å². The van der Waals surface area contributed by atoms with E-state index in [9.17, 15) is 30.6 Å². The molecule has 0 aromatic carbocycles. The highest BCUT2D eigenvalue weighted by atomic mass is 16.8. The number of ether oxygens (including phenoxy) is 9. The second-order valence-corrected chi connectivity index (χ2v) is 18.4. The smallest absolute Gasteiger partial charge is 0.189 e. The number of unbranched alkanes of at least 4 members (excludes halogenated alkanes) is 12. The van der Waals surface area contributed by atoms with E-state index in [1.54, 1.807) is 12.4 Å².